The predicted octanol–water partition coefficient (Wildman–Crippen LogP) is 1.83. The van der Waals surface area contributed by atoms with Gasteiger partial charge in [0.2, 0.25) is 0 Å². The van der Waals surface area contributed by atoms with Crippen LogP contribution < -0.4 is 11.5 Å². The van der Waals surface area contributed by atoms with E-state index >= 15 is 0 Å². The second-order valence-electron chi connectivity index (χ2n) is 6.08. The normalized spacial score (nSPS) is 33.4. The van der Waals surface area contributed by atoms with Gasteiger partial charge in [-0.25, -0.2) is 9.97 Å². The van der Waals surface area contributed by atoms with Crippen molar-refractivity contribution in [3.8, 4) is 0 Å². The lowest BCUT2D eigenvalue weighted by molar-refractivity contribution is 0.381. The molecular formula is C13H16IN5. The molecule has 4 N–H and O–H groups in total. The number of aromatic nitrogens is 3. The van der Waals surface area contributed by atoms with Gasteiger partial charge in [0.1, 0.15) is 15.0 Å². The molecule has 0 saturated heterocycles. The van der Waals surface area contributed by atoms with Crippen LogP contribution in [-0.4, -0.2) is 19.9 Å². The minimum Gasteiger partial charge on any atom is -0.382 e. The highest BCUT2D eigenvalue weighted by Gasteiger charge is 2.55. The topological polar surface area (TPSA) is 82.2 Å². The van der Waals surface area contributed by atoms with Crippen LogP contribution in [0.4, 0.5) is 5.82 Å². The highest BCUT2D eigenvalue weighted by molar-refractivity contribution is 14.1. The maximum Gasteiger partial charge on any atom is 0.150 e. The molecule has 4 rings (SSSR count). The second kappa shape index (κ2) is 3.60. The van der Waals surface area contributed by atoms with Crippen molar-refractivity contribution in [2.45, 2.75) is 43.1 Å². The van der Waals surface area contributed by atoms with Crippen LogP contribution in [0.3, 0.4) is 0 Å². The molecule has 100 valence electrons. The zero-order chi connectivity index (χ0) is 13.3. The van der Waals surface area contributed by atoms with E-state index in [4.69, 9.17) is 16.5 Å². The molecule has 0 atom stereocenters. The van der Waals surface area contributed by atoms with Crippen molar-refractivity contribution < 1.29 is 0 Å². The summed E-state index contributed by atoms with van der Waals surface area (Å²) in [6.45, 7) is 0. The predicted molar refractivity (Wildman–Crippen MR) is 81.8 cm³/mol. The fourth-order valence-corrected chi connectivity index (χ4v) is 4.72. The third-order valence-corrected chi connectivity index (χ3v) is 5.66. The summed E-state index contributed by atoms with van der Waals surface area (Å²) >= 11 is 2.25. The molecule has 2 aliphatic rings. The summed E-state index contributed by atoms with van der Waals surface area (Å²) < 4.78 is 3.07. The first kappa shape index (κ1) is 11.9. The van der Waals surface area contributed by atoms with Crippen LogP contribution in [0.25, 0.3) is 5.52 Å². The van der Waals surface area contributed by atoms with Crippen molar-refractivity contribution in [2.24, 2.45) is 5.73 Å². The average Bonchev–Trinajstić information content (AvgIpc) is 3.00. The van der Waals surface area contributed by atoms with Gasteiger partial charge in [-0.2, -0.15) is 0 Å². The summed E-state index contributed by atoms with van der Waals surface area (Å²) in [6.07, 6.45) is 9.27. The number of nitrogens with two attached hydrogens (primary N) is 2. The molecule has 0 unspecified atom stereocenters. The number of hydrogen-bond donors (Lipinski definition) is 2. The number of rotatable bonds is 1. The van der Waals surface area contributed by atoms with E-state index in [1.165, 1.54) is 0 Å². The smallest absolute Gasteiger partial charge is 0.150 e. The molecule has 6 heteroatoms. The molecule has 0 aliphatic heterocycles. The van der Waals surface area contributed by atoms with E-state index < -0.39 is 0 Å². The third-order valence-electron chi connectivity index (χ3n) is 4.91. The number of nitrogens with zero attached hydrogens (tertiary/aromatic N) is 3. The Kier molecular flexibility index (Phi) is 2.26. The van der Waals surface area contributed by atoms with E-state index in [2.05, 4.69) is 32.0 Å². The van der Waals surface area contributed by atoms with E-state index in [0.29, 0.717) is 5.82 Å². The van der Waals surface area contributed by atoms with Gasteiger partial charge in [-0.15, -0.1) is 0 Å². The Balaban J connectivity index is 1.96. The van der Waals surface area contributed by atoms with Crippen LogP contribution in [0, 0.1) is 3.70 Å². The number of nitrogen functional groups attached to an aromatic ring is 1. The average molecular weight is 369 g/mol. The maximum absolute atomic E-state index is 6.43. The summed E-state index contributed by atoms with van der Waals surface area (Å²) in [5.74, 6) is 1.68. The van der Waals surface area contributed by atoms with E-state index in [9.17, 15) is 0 Å². The van der Waals surface area contributed by atoms with Crippen LogP contribution >= 0.6 is 22.6 Å². The standard InChI is InChI=1S/C13H16IN5/c14-9-8-10(15)17-5-6-19(8)11(18-9)12-1-3-13(16,7-12)4-2-12/h5-6H,1-4,7,16H2,(H2,15,17). The van der Waals surface area contributed by atoms with Crippen molar-refractivity contribution in [1.82, 2.24) is 14.4 Å². The lowest BCUT2D eigenvalue weighted by Gasteiger charge is -2.25. The Morgan fingerprint density at radius 2 is 2.00 bits per heavy atom. The van der Waals surface area contributed by atoms with Crippen molar-refractivity contribution in [2.75, 3.05) is 5.73 Å². The second-order valence-corrected chi connectivity index (χ2v) is 7.10. The lowest BCUT2D eigenvalue weighted by Crippen LogP contribution is -2.33. The third kappa shape index (κ3) is 1.50. The minimum absolute atomic E-state index is 0.0375. The van der Waals surface area contributed by atoms with Gasteiger partial charge in [0.25, 0.3) is 0 Å². The molecule has 2 bridgehead atoms. The lowest BCUT2D eigenvalue weighted by atomic mass is 9.83. The molecule has 2 aromatic heterocycles. The Bertz CT molecular complexity index is 669. The van der Waals surface area contributed by atoms with Crippen molar-refractivity contribution in [3.05, 3.63) is 21.9 Å². The highest BCUT2D eigenvalue weighted by Crippen LogP contribution is 2.56. The largest absolute Gasteiger partial charge is 0.382 e. The molecule has 2 saturated carbocycles. The summed E-state index contributed by atoms with van der Waals surface area (Å²) in [6, 6.07) is 0. The van der Waals surface area contributed by atoms with Gasteiger partial charge in [0.15, 0.2) is 5.82 Å². The SMILES string of the molecule is Nc1nccn2c(C34CCC(N)(CC3)C4)nc(I)c12. The first-order valence-corrected chi connectivity index (χ1v) is 7.68. The van der Waals surface area contributed by atoms with Gasteiger partial charge in [0.05, 0.1) is 0 Å². The number of fused-ring (bicyclic) bond motifs is 3. The number of hydrogen-bond acceptors (Lipinski definition) is 4. The first-order valence-electron chi connectivity index (χ1n) is 6.61. The Labute approximate surface area is 124 Å². The molecule has 2 heterocycles. The molecule has 0 aromatic carbocycles. The van der Waals surface area contributed by atoms with Gasteiger partial charge in [0, 0.05) is 23.3 Å². The van der Waals surface area contributed by atoms with Crippen molar-refractivity contribution in [1.29, 1.82) is 0 Å². The first-order chi connectivity index (χ1) is 9.03. The van der Waals surface area contributed by atoms with E-state index in [1.807, 2.05) is 6.20 Å². The molecule has 0 amide bonds. The van der Waals surface area contributed by atoms with Gasteiger partial charge in [-0.3, -0.25) is 4.40 Å². The van der Waals surface area contributed by atoms with Gasteiger partial charge in [-0.05, 0) is 54.7 Å². The van der Waals surface area contributed by atoms with Gasteiger partial charge < -0.3 is 11.5 Å². The zero-order valence-corrected chi connectivity index (χ0v) is 12.7. The van der Waals surface area contributed by atoms with Crippen LogP contribution in [0.1, 0.15) is 37.9 Å². The quantitative estimate of drug-likeness (QED) is 0.752. The van der Waals surface area contributed by atoms with Crippen LogP contribution in [0.5, 0.6) is 0 Å². The molecule has 19 heavy (non-hydrogen) atoms. The number of imidazole rings is 1. The number of halogens is 1. The Morgan fingerprint density at radius 1 is 1.26 bits per heavy atom. The minimum atomic E-state index is 0.0375. The van der Waals surface area contributed by atoms with Crippen LogP contribution in [0.2, 0.25) is 0 Å². The summed E-state index contributed by atoms with van der Waals surface area (Å²) in [5.41, 5.74) is 13.5. The Morgan fingerprint density at radius 3 is 2.63 bits per heavy atom. The fraction of sp³-hybridized carbons (Fsp3) is 0.538. The molecule has 0 radical (unpaired) electrons. The molecule has 2 fully saturated rings. The fourth-order valence-electron chi connectivity index (χ4n) is 3.95. The summed E-state index contributed by atoms with van der Waals surface area (Å²) in [7, 11) is 0. The van der Waals surface area contributed by atoms with E-state index in [1.54, 1.807) is 6.20 Å². The summed E-state index contributed by atoms with van der Waals surface area (Å²) in [5, 5.41) is 0. The number of anilines is 1. The molecule has 2 aromatic rings. The monoisotopic (exact) mass is 369 g/mol. The van der Waals surface area contributed by atoms with Crippen LogP contribution in [0.15, 0.2) is 12.4 Å². The molecule has 5 nitrogen and oxygen atoms in total. The van der Waals surface area contributed by atoms with Crippen molar-refractivity contribution >= 4 is 33.9 Å². The van der Waals surface area contributed by atoms with Crippen molar-refractivity contribution in [3.63, 3.8) is 0 Å². The molecule has 2 aliphatic carbocycles. The van der Waals surface area contributed by atoms with E-state index in [-0.39, 0.29) is 11.0 Å². The maximum atomic E-state index is 6.43. The molecule has 0 spiro atoms. The Hall–Kier alpha value is -0.890. The summed E-state index contributed by atoms with van der Waals surface area (Å²) in [4.78, 5) is 8.98. The van der Waals surface area contributed by atoms with Gasteiger partial charge in [-0.1, -0.05) is 0 Å². The zero-order valence-electron chi connectivity index (χ0n) is 10.6. The molecular weight excluding hydrogens is 353 g/mol. The van der Waals surface area contributed by atoms with Gasteiger partial charge >= 0.3 is 0 Å². The van der Waals surface area contributed by atoms with Crippen LogP contribution in [-0.2, 0) is 5.41 Å². The highest BCUT2D eigenvalue weighted by atomic mass is 127. The van der Waals surface area contributed by atoms with E-state index in [0.717, 1.165) is 47.1 Å².